The SMILES string of the molecule is N#CC1(N(O)C(=O)Nc2ccccc2)CCCCC1. The first-order chi connectivity index (χ1) is 9.18. The van der Waals surface area contributed by atoms with Crippen molar-refractivity contribution < 1.29 is 10.0 Å². The number of carbonyl (C=O) groups is 1. The molecule has 1 aromatic carbocycles. The van der Waals surface area contributed by atoms with Gasteiger partial charge in [-0.2, -0.15) is 10.3 Å². The molecule has 0 spiro atoms. The number of amides is 2. The Kier molecular flexibility index (Phi) is 4.03. The van der Waals surface area contributed by atoms with Crippen molar-refractivity contribution in [2.75, 3.05) is 5.32 Å². The van der Waals surface area contributed by atoms with E-state index in [0.717, 1.165) is 19.3 Å². The number of urea groups is 1. The fourth-order valence-electron chi connectivity index (χ4n) is 2.40. The maximum Gasteiger partial charge on any atom is 0.347 e. The lowest BCUT2D eigenvalue weighted by atomic mass is 9.82. The van der Waals surface area contributed by atoms with Gasteiger partial charge in [0.25, 0.3) is 0 Å². The number of para-hydroxylation sites is 1. The fraction of sp³-hybridized carbons (Fsp3) is 0.429. The molecule has 1 saturated carbocycles. The standard InChI is InChI=1S/C14H17N3O2/c15-11-14(9-5-2-6-10-14)17(19)13(18)16-12-7-3-1-4-8-12/h1,3-4,7-8,19H,2,5-6,9-10H2,(H,16,18). The molecule has 2 N–H and O–H groups in total. The maximum atomic E-state index is 12.0. The Morgan fingerprint density at radius 1 is 1.26 bits per heavy atom. The molecule has 2 amide bonds. The average Bonchev–Trinajstić information content (AvgIpc) is 2.48. The van der Waals surface area contributed by atoms with Crippen molar-refractivity contribution >= 4 is 11.7 Å². The molecule has 0 atom stereocenters. The molecule has 1 fully saturated rings. The van der Waals surface area contributed by atoms with E-state index in [2.05, 4.69) is 11.4 Å². The van der Waals surface area contributed by atoms with Crippen LogP contribution in [0.2, 0.25) is 0 Å². The van der Waals surface area contributed by atoms with Crippen molar-refractivity contribution in [3.05, 3.63) is 30.3 Å². The van der Waals surface area contributed by atoms with Crippen LogP contribution in [0.15, 0.2) is 30.3 Å². The fourth-order valence-corrected chi connectivity index (χ4v) is 2.40. The predicted molar refractivity (Wildman–Crippen MR) is 70.5 cm³/mol. The Hall–Kier alpha value is -2.06. The summed E-state index contributed by atoms with van der Waals surface area (Å²) in [6.07, 6.45) is 3.77. The number of nitrogens with zero attached hydrogens (tertiary/aromatic N) is 2. The predicted octanol–water partition coefficient (Wildman–Crippen LogP) is 3.14. The van der Waals surface area contributed by atoms with E-state index < -0.39 is 11.6 Å². The summed E-state index contributed by atoms with van der Waals surface area (Å²) in [7, 11) is 0. The van der Waals surface area contributed by atoms with Crippen LogP contribution in [-0.4, -0.2) is 21.8 Å². The van der Waals surface area contributed by atoms with Crippen LogP contribution in [0, 0.1) is 11.3 Å². The molecule has 0 heterocycles. The van der Waals surface area contributed by atoms with E-state index >= 15 is 0 Å². The first-order valence-electron chi connectivity index (χ1n) is 6.44. The number of carbonyl (C=O) groups excluding carboxylic acids is 1. The van der Waals surface area contributed by atoms with E-state index in [4.69, 9.17) is 0 Å². The van der Waals surface area contributed by atoms with E-state index in [1.165, 1.54) is 0 Å². The zero-order valence-corrected chi connectivity index (χ0v) is 10.7. The summed E-state index contributed by atoms with van der Waals surface area (Å²) in [5.41, 5.74) is -0.493. The number of rotatable bonds is 2. The molecule has 0 aliphatic heterocycles. The molecule has 1 aromatic rings. The van der Waals surface area contributed by atoms with Gasteiger partial charge < -0.3 is 5.32 Å². The minimum absolute atomic E-state index is 0.516. The quantitative estimate of drug-likeness (QED) is 0.632. The molecule has 0 unspecified atom stereocenters. The molecular weight excluding hydrogens is 242 g/mol. The molecule has 0 saturated heterocycles. The molecule has 1 aliphatic carbocycles. The van der Waals surface area contributed by atoms with Crippen LogP contribution in [0.1, 0.15) is 32.1 Å². The van der Waals surface area contributed by atoms with Crippen molar-refractivity contribution in [3.63, 3.8) is 0 Å². The number of hydrogen-bond donors (Lipinski definition) is 2. The number of benzene rings is 1. The first-order valence-corrected chi connectivity index (χ1v) is 6.44. The summed E-state index contributed by atoms with van der Waals surface area (Å²) >= 11 is 0. The molecule has 0 bridgehead atoms. The van der Waals surface area contributed by atoms with Crippen LogP contribution in [0.4, 0.5) is 10.5 Å². The Labute approximate surface area is 112 Å². The van der Waals surface area contributed by atoms with E-state index in [0.29, 0.717) is 23.6 Å². The van der Waals surface area contributed by atoms with Crippen molar-refractivity contribution in [1.82, 2.24) is 5.06 Å². The second-order valence-corrected chi connectivity index (χ2v) is 4.81. The zero-order chi connectivity index (χ0) is 13.7. The van der Waals surface area contributed by atoms with Gasteiger partial charge >= 0.3 is 6.03 Å². The largest absolute Gasteiger partial charge is 0.347 e. The highest BCUT2D eigenvalue weighted by atomic mass is 16.5. The molecule has 0 aromatic heterocycles. The highest BCUT2D eigenvalue weighted by Crippen LogP contribution is 2.32. The molecule has 5 nitrogen and oxygen atoms in total. The van der Waals surface area contributed by atoms with Gasteiger partial charge in [0, 0.05) is 5.69 Å². The second kappa shape index (κ2) is 5.72. The lowest BCUT2D eigenvalue weighted by molar-refractivity contribution is -0.112. The number of anilines is 1. The van der Waals surface area contributed by atoms with E-state index in [1.54, 1.807) is 24.3 Å². The van der Waals surface area contributed by atoms with E-state index in [1.807, 2.05) is 6.07 Å². The highest BCUT2D eigenvalue weighted by molar-refractivity contribution is 5.89. The summed E-state index contributed by atoms with van der Waals surface area (Å²) in [5.74, 6) is 0. The van der Waals surface area contributed by atoms with Crippen molar-refractivity contribution in [2.45, 2.75) is 37.6 Å². The Morgan fingerprint density at radius 3 is 2.47 bits per heavy atom. The number of nitriles is 1. The van der Waals surface area contributed by atoms with E-state index in [-0.39, 0.29) is 0 Å². The summed E-state index contributed by atoms with van der Waals surface area (Å²) < 4.78 is 0. The molecule has 0 radical (unpaired) electrons. The zero-order valence-electron chi connectivity index (χ0n) is 10.7. The van der Waals surface area contributed by atoms with Gasteiger partial charge in [-0.15, -0.1) is 0 Å². The van der Waals surface area contributed by atoms with Gasteiger partial charge in [-0.3, -0.25) is 5.21 Å². The van der Waals surface area contributed by atoms with Gasteiger partial charge in [0.1, 0.15) is 0 Å². The second-order valence-electron chi connectivity index (χ2n) is 4.81. The Balaban J connectivity index is 2.08. The van der Waals surface area contributed by atoms with Crippen molar-refractivity contribution in [3.8, 4) is 6.07 Å². The van der Waals surface area contributed by atoms with Crippen LogP contribution < -0.4 is 5.32 Å². The van der Waals surface area contributed by atoms with Crippen LogP contribution in [0.3, 0.4) is 0 Å². The smallest absolute Gasteiger partial charge is 0.306 e. The number of hydroxylamine groups is 2. The van der Waals surface area contributed by atoms with Gasteiger partial charge in [-0.1, -0.05) is 24.6 Å². The molecule has 19 heavy (non-hydrogen) atoms. The minimum atomic E-state index is -1.09. The topological polar surface area (TPSA) is 76.4 Å². The van der Waals surface area contributed by atoms with Crippen molar-refractivity contribution in [2.24, 2.45) is 0 Å². The highest BCUT2D eigenvalue weighted by Gasteiger charge is 2.41. The minimum Gasteiger partial charge on any atom is -0.306 e. The van der Waals surface area contributed by atoms with Gasteiger partial charge in [0.05, 0.1) is 6.07 Å². The third kappa shape index (κ3) is 2.85. The maximum absolute atomic E-state index is 12.0. The summed E-state index contributed by atoms with van der Waals surface area (Å²) in [6.45, 7) is 0. The van der Waals surface area contributed by atoms with E-state index in [9.17, 15) is 15.3 Å². The van der Waals surface area contributed by atoms with Crippen LogP contribution in [0.5, 0.6) is 0 Å². The number of hydrogen-bond acceptors (Lipinski definition) is 3. The molecular formula is C14H17N3O2. The normalized spacial score (nSPS) is 17.3. The monoisotopic (exact) mass is 259 g/mol. The van der Waals surface area contributed by atoms with Crippen LogP contribution in [0.25, 0.3) is 0 Å². The summed E-state index contributed by atoms with van der Waals surface area (Å²) in [5, 5.41) is 22.5. The molecule has 2 rings (SSSR count). The third-order valence-corrected chi connectivity index (χ3v) is 3.51. The molecule has 100 valence electrons. The third-order valence-electron chi connectivity index (χ3n) is 3.51. The van der Waals surface area contributed by atoms with Gasteiger partial charge in [-0.25, -0.2) is 4.79 Å². The lowest BCUT2D eigenvalue weighted by Gasteiger charge is -2.36. The van der Waals surface area contributed by atoms with Gasteiger partial charge in [0.2, 0.25) is 0 Å². The summed E-state index contributed by atoms with van der Waals surface area (Å²) in [6, 6.07) is 10.3. The lowest BCUT2D eigenvalue weighted by Crippen LogP contribution is -2.51. The Bertz CT molecular complexity index is 475. The van der Waals surface area contributed by atoms with Gasteiger partial charge in [0.15, 0.2) is 5.54 Å². The summed E-state index contributed by atoms with van der Waals surface area (Å²) in [4.78, 5) is 12.0. The van der Waals surface area contributed by atoms with Crippen LogP contribution in [-0.2, 0) is 0 Å². The van der Waals surface area contributed by atoms with Gasteiger partial charge in [-0.05, 0) is 37.8 Å². The number of nitrogens with one attached hydrogen (secondary N) is 1. The molecule has 5 heteroatoms. The van der Waals surface area contributed by atoms with Crippen molar-refractivity contribution in [1.29, 1.82) is 5.26 Å². The average molecular weight is 259 g/mol. The molecule has 1 aliphatic rings. The van der Waals surface area contributed by atoms with Crippen LogP contribution >= 0.6 is 0 Å². The Morgan fingerprint density at radius 2 is 1.89 bits per heavy atom. The first kappa shape index (κ1) is 13.4.